The van der Waals surface area contributed by atoms with Gasteiger partial charge in [0.05, 0.1) is 11.6 Å². The first-order valence-corrected chi connectivity index (χ1v) is 8.61. The van der Waals surface area contributed by atoms with Crippen LogP contribution in [-0.2, 0) is 11.2 Å². The second kappa shape index (κ2) is 8.63. The lowest BCUT2D eigenvalue weighted by Crippen LogP contribution is -2.13. The maximum absolute atomic E-state index is 12.2. The normalized spacial score (nSPS) is 10.1. The standard InChI is InChI=1S/C22H19N3O2/c1-16-13-20(27-19-7-4-17(14-23)5-8-19)9-10-21(16)25-22(26)11-6-18-3-2-12-24-15-18/h2-5,7-10,12-13,15H,6,11H2,1H3,(H,25,26). The first-order chi connectivity index (χ1) is 13.1. The molecule has 5 nitrogen and oxygen atoms in total. The molecular weight excluding hydrogens is 338 g/mol. The SMILES string of the molecule is Cc1cc(Oc2ccc(C#N)cc2)ccc1NC(=O)CCc1cccnc1. The van der Waals surface area contributed by atoms with Gasteiger partial charge < -0.3 is 10.1 Å². The van der Waals surface area contributed by atoms with Gasteiger partial charge in [0.2, 0.25) is 5.91 Å². The summed E-state index contributed by atoms with van der Waals surface area (Å²) in [5.41, 5.74) is 3.30. The highest BCUT2D eigenvalue weighted by Crippen LogP contribution is 2.26. The van der Waals surface area contributed by atoms with E-state index in [1.165, 1.54) is 0 Å². The van der Waals surface area contributed by atoms with E-state index < -0.39 is 0 Å². The number of benzene rings is 2. The molecule has 3 aromatic rings. The zero-order valence-electron chi connectivity index (χ0n) is 15.0. The van der Waals surface area contributed by atoms with Crippen molar-refractivity contribution in [1.82, 2.24) is 4.98 Å². The van der Waals surface area contributed by atoms with E-state index in [2.05, 4.69) is 16.4 Å². The molecular formula is C22H19N3O2. The van der Waals surface area contributed by atoms with E-state index in [0.717, 1.165) is 16.8 Å². The summed E-state index contributed by atoms with van der Waals surface area (Å²) in [5.74, 6) is 1.29. The minimum Gasteiger partial charge on any atom is -0.457 e. The highest BCUT2D eigenvalue weighted by molar-refractivity contribution is 5.91. The van der Waals surface area contributed by atoms with Crippen molar-refractivity contribution < 1.29 is 9.53 Å². The number of rotatable bonds is 6. The Balaban J connectivity index is 1.58. The summed E-state index contributed by atoms with van der Waals surface area (Å²) in [4.78, 5) is 16.2. The largest absolute Gasteiger partial charge is 0.457 e. The number of aryl methyl sites for hydroxylation is 2. The van der Waals surface area contributed by atoms with Crippen molar-refractivity contribution in [1.29, 1.82) is 5.26 Å². The van der Waals surface area contributed by atoms with Crippen LogP contribution >= 0.6 is 0 Å². The number of pyridine rings is 1. The molecule has 1 N–H and O–H groups in total. The lowest BCUT2D eigenvalue weighted by atomic mass is 10.1. The molecule has 0 saturated heterocycles. The lowest BCUT2D eigenvalue weighted by Gasteiger charge is -2.11. The van der Waals surface area contributed by atoms with Gasteiger partial charge in [0.25, 0.3) is 0 Å². The Morgan fingerprint density at radius 2 is 1.93 bits per heavy atom. The smallest absolute Gasteiger partial charge is 0.224 e. The van der Waals surface area contributed by atoms with Crippen LogP contribution in [0.3, 0.4) is 0 Å². The molecule has 0 aliphatic heterocycles. The molecule has 0 aliphatic carbocycles. The van der Waals surface area contributed by atoms with Crippen LogP contribution in [0, 0.1) is 18.3 Å². The van der Waals surface area contributed by atoms with Crippen LogP contribution in [-0.4, -0.2) is 10.9 Å². The molecule has 1 heterocycles. The van der Waals surface area contributed by atoms with Gasteiger partial charge in [-0.25, -0.2) is 0 Å². The number of nitrogens with zero attached hydrogens (tertiary/aromatic N) is 2. The minimum atomic E-state index is -0.0392. The number of ether oxygens (including phenoxy) is 1. The van der Waals surface area contributed by atoms with Gasteiger partial charge in [0.1, 0.15) is 11.5 Å². The van der Waals surface area contributed by atoms with E-state index in [9.17, 15) is 4.79 Å². The van der Waals surface area contributed by atoms with Crippen LogP contribution in [0.5, 0.6) is 11.5 Å². The third-order valence-electron chi connectivity index (χ3n) is 4.05. The third-order valence-corrected chi connectivity index (χ3v) is 4.05. The molecule has 0 spiro atoms. The number of nitriles is 1. The van der Waals surface area contributed by atoms with Crippen molar-refractivity contribution in [2.45, 2.75) is 19.8 Å². The van der Waals surface area contributed by atoms with Gasteiger partial charge >= 0.3 is 0 Å². The quantitative estimate of drug-likeness (QED) is 0.698. The molecule has 1 aromatic heterocycles. The van der Waals surface area contributed by atoms with Gasteiger partial charge in [-0.1, -0.05) is 6.07 Å². The molecule has 0 radical (unpaired) electrons. The molecule has 1 amide bonds. The van der Waals surface area contributed by atoms with Crippen molar-refractivity contribution in [2.75, 3.05) is 5.32 Å². The van der Waals surface area contributed by atoms with E-state index in [4.69, 9.17) is 10.00 Å². The molecule has 0 atom stereocenters. The second-order valence-corrected chi connectivity index (χ2v) is 6.12. The fraction of sp³-hybridized carbons (Fsp3) is 0.136. The van der Waals surface area contributed by atoms with E-state index in [-0.39, 0.29) is 5.91 Å². The molecule has 3 rings (SSSR count). The van der Waals surface area contributed by atoms with Crippen LogP contribution in [0.2, 0.25) is 0 Å². The number of nitrogens with one attached hydrogen (secondary N) is 1. The number of hydrogen-bond donors (Lipinski definition) is 1. The monoisotopic (exact) mass is 357 g/mol. The molecule has 27 heavy (non-hydrogen) atoms. The predicted octanol–water partition coefficient (Wildman–Crippen LogP) is 4.63. The minimum absolute atomic E-state index is 0.0392. The van der Waals surface area contributed by atoms with Crippen LogP contribution < -0.4 is 10.1 Å². The fourth-order valence-corrected chi connectivity index (χ4v) is 2.59. The Labute approximate surface area is 158 Å². The summed E-state index contributed by atoms with van der Waals surface area (Å²) < 4.78 is 5.79. The van der Waals surface area contributed by atoms with Gasteiger partial charge in [-0.3, -0.25) is 9.78 Å². The predicted molar refractivity (Wildman–Crippen MR) is 104 cm³/mol. The Bertz CT molecular complexity index is 961. The Morgan fingerprint density at radius 3 is 2.59 bits per heavy atom. The fourth-order valence-electron chi connectivity index (χ4n) is 2.59. The van der Waals surface area contributed by atoms with E-state index >= 15 is 0 Å². The van der Waals surface area contributed by atoms with Crippen LogP contribution in [0.4, 0.5) is 5.69 Å². The zero-order valence-corrected chi connectivity index (χ0v) is 15.0. The Morgan fingerprint density at radius 1 is 1.15 bits per heavy atom. The van der Waals surface area contributed by atoms with Crippen LogP contribution in [0.15, 0.2) is 67.0 Å². The summed E-state index contributed by atoms with van der Waals surface area (Å²) in [6, 6.07) is 18.3. The molecule has 5 heteroatoms. The van der Waals surface area contributed by atoms with E-state index in [0.29, 0.717) is 29.9 Å². The summed E-state index contributed by atoms with van der Waals surface area (Å²) >= 11 is 0. The number of hydrogen-bond acceptors (Lipinski definition) is 4. The first kappa shape index (κ1) is 18.2. The molecule has 0 aliphatic rings. The maximum atomic E-state index is 12.2. The Kier molecular flexibility index (Phi) is 5.80. The molecule has 2 aromatic carbocycles. The van der Waals surface area contributed by atoms with Crippen molar-refractivity contribution >= 4 is 11.6 Å². The lowest BCUT2D eigenvalue weighted by molar-refractivity contribution is -0.116. The zero-order chi connectivity index (χ0) is 19.1. The van der Waals surface area contributed by atoms with Gasteiger partial charge in [-0.15, -0.1) is 0 Å². The topological polar surface area (TPSA) is 75.0 Å². The molecule has 0 unspecified atom stereocenters. The van der Waals surface area contributed by atoms with Gasteiger partial charge in [-0.2, -0.15) is 5.26 Å². The maximum Gasteiger partial charge on any atom is 0.224 e. The molecule has 0 fully saturated rings. The van der Waals surface area contributed by atoms with Crippen LogP contribution in [0.1, 0.15) is 23.1 Å². The molecule has 0 saturated carbocycles. The van der Waals surface area contributed by atoms with Crippen LogP contribution in [0.25, 0.3) is 0 Å². The van der Waals surface area contributed by atoms with Gasteiger partial charge in [0.15, 0.2) is 0 Å². The summed E-state index contributed by atoms with van der Waals surface area (Å²) in [7, 11) is 0. The van der Waals surface area contributed by atoms with Gasteiger partial charge in [-0.05, 0) is 73.0 Å². The second-order valence-electron chi connectivity index (χ2n) is 6.12. The average molecular weight is 357 g/mol. The van der Waals surface area contributed by atoms with E-state index in [1.807, 2.05) is 37.3 Å². The summed E-state index contributed by atoms with van der Waals surface area (Å²) in [6.45, 7) is 1.92. The van der Waals surface area contributed by atoms with Crippen molar-refractivity contribution in [3.8, 4) is 17.6 Å². The highest BCUT2D eigenvalue weighted by Gasteiger charge is 2.07. The third kappa shape index (κ3) is 5.16. The summed E-state index contributed by atoms with van der Waals surface area (Å²) in [6.07, 6.45) is 4.54. The number of anilines is 1. The van der Waals surface area contributed by atoms with E-state index in [1.54, 1.807) is 36.7 Å². The Hall–Kier alpha value is -3.65. The van der Waals surface area contributed by atoms with Crippen molar-refractivity contribution in [3.05, 3.63) is 83.7 Å². The molecule has 0 bridgehead atoms. The first-order valence-electron chi connectivity index (χ1n) is 8.61. The summed E-state index contributed by atoms with van der Waals surface area (Å²) in [5, 5.41) is 11.8. The number of carbonyl (C=O) groups is 1. The highest BCUT2D eigenvalue weighted by atomic mass is 16.5. The average Bonchev–Trinajstić information content (AvgIpc) is 2.70. The number of amides is 1. The molecule has 134 valence electrons. The van der Waals surface area contributed by atoms with Gasteiger partial charge in [0, 0.05) is 24.5 Å². The number of carbonyl (C=O) groups excluding carboxylic acids is 1. The van der Waals surface area contributed by atoms with Crippen molar-refractivity contribution in [3.63, 3.8) is 0 Å². The van der Waals surface area contributed by atoms with Crippen molar-refractivity contribution in [2.24, 2.45) is 0 Å². The number of aromatic nitrogens is 1.